The standard InChI is InChI=1S/C20H23N3O4/c1-26-19-12-14(7-9-22-19)20(25)23-10-8-17(15(13-23)11-18(21)24)27-16-5-3-2-4-6-16/h2-7,9,12,15,17H,8,10-11,13H2,1H3,(H2,21,24)/t15-,17-/m1/s1. The number of carbonyl (C=O) groups excluding carboxylic acids is 2. The third-order valence-electron chi connectivity index (χ3n) is 4.64. The number of hydrogen-bond donors (Lipinski definition) is 1. The van der Waals surface area contributed by atoms with Crippen LogP contribution in [-0.2, 0) is 4.79 Å². The number of nitrogens with zero attached hydrogens (tertiary/aromatic N) is 2. The monoisotopic (exact) mass is 369 g/mol. The van der Waals surface area contributed by atoms with Crippen molar-refractivity contribution < 1.29 is 19.1 Å². The fraction of sp³-hybridized carbons (Fsp3) is 0.350. The smallest absolute Gasteiger partial charge is 0.254 e. The number of amides is 2. The van der Waals surface area contributed by atoms with Gasteiger partial charge in [-0.25, -0.2) is 4.98 Å². The molecule has 1 aliphatic rings. The summed E-state index contributed by atoms with van der Waals surface area (Å²) >= 11 is 0. The summed E-state index contributed by atoms with van der Waals surface area (Å²) in [5.41, 5.74) is 5.93. The number of piperidine rings is 1. The van der Waals surface area contributed by atoms with Gasteiger partial charge in [0.25, 0.3) is 5.91 Å². The van der Waals surface area contributed by atoms with Crippen LogP contribution in [0.3, 0.4) is 0 Å². The Morgan fingerprint density at radius 2 is 2.04 bits per heavy atom. The first-order valence-corrected chi connectivity index (χ1v) is 8.86. The quantitative estimate of drug-likeness (QED) is 0.839. The molecule has 7 nitrogen and oxygen atoms in total. The molecule has 1 aromatic heterocycles. The molecule has 1 fully saturated rings. The molecule has 0 unspecified atom stereocenters. The fourth-order valence-corrected chi connectivity index (χ4v) is 3.32. The molecule has 0 radical (unpaired) electrons. The molecule has 2 heterocycles. The van der Waals surface area contributed by atoms with Gasteiger partial charge in [-0.2, -0.15) is 0 Å². The summed E-state index contributed by atoms with van der Waals surface area (Å²) in [6.07, 6.45) is 2.16. The molecule has 2 atom stereocenters. The Morgan fingerprint density at radius 1 is 1.26 bits per heavy atom. The predicted molar refractivity (Wildman–Crippen MR) is 99.5 cm³/mol. The van der Waals surface area contributed by atoms with E-state index >= 15 is 0 Å². The number of methoxy groups -OCH3 is 1. The SMILES string of the molecule is COc1cc(C(=O)N2CC[C@@H](Oc3ccccc3)[C@H](CC(N)=O)C2)ccn1. The van der Waals surface area contributed by atoms with Gasteiger partial charge in [-0.3, -0.25) is 9.59 Å². The van der Waals surface area contributed by atoms with E-state index in [4.69, 9.17) is 15.2 Å². The number of hydrogen-bond acceptors (Lipinski definition) is 5. The number of rotatable bonds is 6. The molecule has 7 heteroatoms. The van der Waals surface area contributed by atoms with E-state index in [9.17, 15) is 9.59 Å². The van der Waals surface area contributed by atoms with Crippen LogP contribution in [0.5, 0.6) is 11.6 Å². The topological polar surface area (TPSA) is 94.7 Å². The van der Waals surface area contributed by atoms with Gasteiger partial charge in [0.15, 0.2) is 0 Å². The molecular formula is C20H23N3O4. The van der Waals surface area contributed by atoms with E-state index in [-0.39, 0.29) is 24.3 Å². The van der Waals surface area contributed by atoms with Crippen LogP contribution >= 0.6 is 0 Å². The number of para-hydroxylation sites is 1. The highest BCUT2D eigenvalue weighted by molar-refractivity contribution is 5.94. The summed E-state index contributed by atoms with van der Waals surface area (Å²) in [6, 6.07) is 12.7. The Kier molecular flexibility index (Phi) is 5.90. The van der Waals surface area contributed by atoms with E-state index in [0.717, 1.165) is 5.75 Å². The van der Waals surface area contributed by atoms with Crippen LogP contribution in [-0.4, -0.2) is 48.0 Å². The lowest BCUT2D eigenvalue weighted by atomic mass is 9.90. The van der Waals surface area contributed by atoms with Crippen molar-refractivity contribution in [2.45, 2.75) is 18.9 Å². The van der Waals surface area contributed by atoms with Crippen LogP contribution in [0.15, 0.2) is 48.7 Å². The number of pyridine rings is 1. The van der Waals surface area contributed by atoms with Crippen molar-refractivity contribution in [1.29, 1.82) is 0 Å². The molecule has 142 valence electrons. The maximum atomic E-state index is 12.8. The first-order valence-electron chi connectivity index (χ1n) is 8.86. The van der Waals surface area contributed by atoms with Gasteiger partial charge in [0.05, 0.1) is 7.11 Å². The molecule has 2 aromatic rings. The lowest BCUT2D eigenvalue weighted by Gasteiger charge is -2.38. The molecular weight excluding hydrogens is 346 g/mol. The molecule has 1 aromatic carbocycles. The minimum absolute atomic E-state index is 0.122. The Labute approximate surface area is 158 Å². The minimum Gasteiger partial charge on any atom is -0.490 e. The van der Waals surface area contributed by atoms with Crippen molar-refractivity contribution in [3.63, 3.8) is 0 Å². The lowest BCUT2D eigenvalue weighted by molar-refractivity contribution is -0.120. The van der Waals surface area contributed by atoms with E-state index in [0.29, 0.717) is 31.0 Å². The third-order valence-corrected chi connectivity index (χ3v) is 4.64. The van der Waals surface area contributed by atoms with Crippen LogP contribution in [0.4, 0.5) is 0 Å². The molecule has 2 N–H and O–H groups in total. The lowest BCUT2D eigenvalue weighted by Crippen LogP contribution is -2.49. The van der Waals surface area contributed by atoms with E-state index in [1.54, 1.807) is 17.0 Å². The van der Waals surface area contributed by atoms with Gasteiger partial charge in [-0.05, 0) is 18.2 Å². The van der Waals surface area contributed by atoms with Crippen molar-refractivity contribution in [3.8, 4) is 11.6 Å². The van der Waals surface area contributed by atoms with Crippen molar-refractivity contribution in [1.82, 2.24) is 9.88 Å². The molecule has 0 bridgehead atoms. The fourth-order valence-electron chi connectivity index (χ4n) is 3.32. The number of benzene rings is 1. The molecule has 1 saturated heterocycles. The normalized spacial score (nSPS) is 19.4. The predicted octanol–water partition coefficient (Wildman–Crippen LogP) is 1.88. The van der Waals surface area contributed by atoms with Gasteiger partial charge >= 0.3 is 0 Å². The Hall–Kier alpha value is -3.09. The number of likely N-dealkylation sites (tertiary alicyclic amines) is 1. The van der Waals surface area contributed by atoms with Crippen molar-refractivity contribution in [3.05, 3.63) is 54.2 Å². The third kappa shape index (κ3) is 4.75. The van der Waals surface area contributed by atoms with Gasteiger partial charge in [0.2, 0.25) is 11.8 Å². The van der Waals surface area contributed by atoms with E-state index in [1.807, 2.05) is 30.3 Å². The van der Waals surface area contributed by atoms with E-state index in [2.05, 4.69) is 4.98 Å². The summed E-state index contributed by atoms with van der Waals surface area (Å²) in [6.45, 7) is 0.945. The van der Waals surface area contributed by atoms with Gasteiger partial charge in [0.1, 0.15) is 11.9 Å². The van der Waals surface area contributed by atoms with Gasteiger partial charge in [0, 0.05) is 49.7 Å². The molecule has 2 amide bonds. The molecule has 1 aliphatic heterocycles. The van der Waals surface area contributed by atoms with E-state index in [1.165, 1.54) is 13.3 Å². The van der Waals surface area contributed by atoms with E-state index < -0.39 is 5.91 Å². The summed E-state index contributed by atoms with van der Waals surface area (Å²) < 4.78 is 11.1. The second-order valence-electron chi connectivity index (χ2n) is 6.53. The summed E-state index contributed by atoms with van der Waals surface area (Å²) in [4.78, 5) is 30.1. The average molecular weight is 369 g/mol. The zero-order valence-corrected chi connectivity index (χ0v) is 15.2. The van der Waals surface area contributed by atoms with Crippen LogP contribution in [0.1, 0.15) is 23.2 Å². The van der Waals surface area contributed by atoms with Crippen LogP contribution in [0, 0.1) is 5.92 Å². The highest BCUT2D eigenvalue weighted by Crippen LogP contribution is 2.26. The summed E-state index contributed by atoms with van der Waals surface area (Å²) in [7, 11) is 1.51. The molecule has 3 rings (SSSR count). The number of nitrogens with two attached hydrogens (primary N) is 1. The van der Waals surface area contributed by atoms with Gasteiger partial charge in [-0.1, -0.05) is 18.2 Å². The minimum atomic E-state index is -0.401. The Bertz CT molecular complexity index is 797. The highest BCUT2D eigenvalue weighted by Gasteiger charge is 2.34. The number of carbonyl (C=O) groups is 2. The second-order valence-corrected chi connectivity index (χ2v) is 6.53. The summed E-state index contributed by atoms with van der Waals surface area (Å²) in [5, 5.41) is 0. The molecule has 27 heavy (non-hydrogen) atoms. The maximum Gasteiger partial charge on any atom is 0.254 e. The number of aromatic nitrogens is 1. The van der Waals surface area contributed by atoms with Gasteiger partial charge < -0.3 is 20.1 Å². The van der Waals surface area contributed by atoms with Crippen LogP contribution in [0.25, 0.3) is 0 Å². The molecule has 0 aliphatic carbocycles. The maximum absolute atomic E-state index is 12.8. The molecule has 0 saturated carbocycles. The van der Waals surface area contributed by atoms with Crippen LogP contribution < -0.4 is 15.2 Å². The summed E-state index contributed by atoms with van der Waals surface area (Å²) in [5.74, 6) is 0.446. The highest BCUT2D eigenvalue weighted by atomic mass is 16.5. The van der Waals surface area contributed by atoms with Crippen molar-refractivity contribution in [2.24, 2.45) is 11.7 Å². The second kappa shape index (κ2) is 8.53. The van der Waals surface area contributed by atoms with Crippen molar-refractivity contribution in [2.75, 3.05) is 20.2 Å². The number of ether oxygens (including phenoxy) is 2. The Balaban J connectivity index is 1.73. The molecule has 0 spiro atoms. The van der Waals surface area contributed by atoms with Crippen molar-refractivity contribution >= 4 is 11.8 Å². The average Bonchev–Trinajstić information content (AvgIpc) is 2.69. The number of primary amides is 1. The first kappa shape index (κ1) is 18.7. The largest absolute Gasteiger partial charge is 0.490 e. The zero-order chi connectivity index (χ0) is 19.2. The Morgan fingerprint density at radius 3 is 2.74 bits per heavy atom. The first-order chi connectivity index (χ1) is 13.1. The zero-order valence-electron chi connectivity index (χ0n) is 15.2. The van der Waals surface area contributed by atoms with Gasteiger partial charge in [-0.15, -0.1) is 0 Å². The van der Waals surface area contributed by atoms with Crippen LogP contribution in [0.2, 0.25) is 0 Å².